The highest BCUT2D eigenvalue weighted by atomic mass is 33.1. The number of amides is 2. The first-order valence-corrected chi connectivity index (χ1v) is 12.1. The summed E-state index contributed by atoms with van der Waals surface area (Å²) in [6.45, 7) is 1.62. The number of rotatable bonds is 11. The lowest BCUT2D eigenvalue weighted by atomic mass is 10.2. The maximum Gasteiger partial charge on any atom is 0.408 e. The molecule has 0 heterocycles. The molecule has 0 spiro atoms. The van der Waals surface area contributed by atoms with Gasteiger partial charge in [-0.05, 0) is 18.1 Å². The van der Waals surface area contributed by atoms with Crippen molar-refractivity contribution in [3.05, 3.63) is 71.8 Å². The molecule has 0 radical (unpaired) electrons. The molecule has 0 saturated heterocycles. The van der Waals surface area contributed by atoms with Gasteiger partial charge in [-0.3, -0.25) is 4.79 Å². The molecule has 31 heavy (non-hydrogen) atoms. The van der Waals surface area contributed by atoms with E-state index in [0.717, 1.165) is 11.3 Å². The summed E-state index contributed by atoms with van der Waals surface area (Å²) < 4.78 is 9.90. The van der Waals surface area contributed by atoms with E-state index in [1.807, 2.05) is 60.7 Å². The third kappa shape index (κ3) is 9.35. The van der Waals surface area contributed by atoms with Crippen LogP contribution < -0.4 is 10.6 Å². The Morgan fingerprint density at radius 3 is 2.13 bits per heavy atom. The molecule has 0 fully saturated rings. The average molecular weight is 463 g/mol. The van der Waals surface area contributed by atoms with E-state index in [9.17, 15) is 14.4 Å². The number of ether oxygens (including phenoxy) is 2. The molecule has 0 aliphatic carbocycles. The number of esters is 1. The minimum atomic E-state index is -0.877. The summed E-state index contributed by atoms with van der Waals surface area (Å²) in [5.41, 5.74) is 2.01. The van der Waals surface area contributed by atoms with Crippen LogP contribution in [-0.2, 0) is 31.4 Å². The van der Waals surface area contributed by atoms with Crippen LogP contribution in [-0.4, -0.2) is 42.9 Å². The molecule has 0 unspecified atom stereocenters. The first-order valence-electron chi connectivity index (χ1n) is 9.63. The van der Waals surface area contributed by atoms with Gasteiger partial charge in [0.15, 0.2) is 0 Å². The van der Waals surface area contributed by atoms with Crippen molar-refractivity contribution >= 4 is 39.6 Å². The van der Waals surface area contributed by atoms with E-state index in [1.54, 1.807) is 10.8 Å². The summed E-state index contributed by atoms with van der Waals surface area (Å²) in [5, 5.41) is 5.09. The van der Waals surface area contributed by atoms with Crippen molar-refractivity contribution in [2.75, 3.05) is 12.9 Å². The fourth-order valence-electron chi connectivity index (χ4n) is 2.41. The van der Waals surface area contributed by atoms with E-state index in [0.29, 0.717) is 5.75 Å². The van der Waals surface area contributed by atoms with Crippen molar-refractivity contribution in [3.63, 3.8) is 0 Å². The molecular formula is C22H26N2O5S2. The second-order valence-corrected chi connectivity index (χ2v) is 9.05. The first kappa shape index (κ1) is 24.6. The molecule has 0 aromatic heterocycles. The molecule has 2 aromatic carbocycles. The monoisotopic (exact) mass is 462 g/mol. The van der Waals surface area contributed by atoms with Gasteiger partial charge >= 0.3 is 12.1 Å². The van der Waals surface area contributed by atoms with Crippen LogP contribution in [0, 0.1) is 0 Å². The highest BCUT2D eigenvalue weighted by Gasteiger charge is 2.25. The molecule has 9 heteroatoms. The van der Waals surface area contributed by atoms with E-state index in [2.05, 4.69) is 10.6 Å². The van der Waals surface area contributed by atoms with Crippen molar-refractivity contribution < 1.29 is 23.9 Å². The van der Waals surface area contributed by atoms with Crippen LogP contribution in [0.5, 0.6) is 0 Å². The summed E-state index contributed by atoms with van der Waals surface area (Å²) >= 11 is 0. The highest BCUT2D eigenvalue weighted by Crippen LogP contribution is 2.26. The lowest BCUT2D eigenvalue weighted by Crippen LogP contribution is -2.51. The first-order chi connectivity index (χ1) is 15.0. The molecule has 0 bridgehead atoms. The average Bonchev–Trinajstić information content (AvgIpc) is 2.80. The molecule has 2 atom stereocenters. The van der Waals surface area contributed by atoms with Gasteiger partial charge in [-0.25, -0.2) is 9.59 Å². The second kappa shape index (κ2) is 13.6. The SMILES string of the molecule is COC(=O)[C@H](CSSCc1ccccc1)NC(=O)[C@H](C)NC(=O)OCc1ccccc1. The van der Waals surface area contributed by atoms with Crippen molar-refractivity contribution in [3.8, 4) is 0 Å². The van der Waals surface area contributed by atoms with E-state index in [1.165, 1.54) is 30.4 Å². The predicted octanol–water partition coefficient (Wildman–Crippen LogP) is 3.54. The van der Waals surface area contributed by atoms with Crippen LogP contribution in [0.4, 0.5) is 4.79 Å². The summed E-state index contributed by atoms with van der Waals surface area (Å²) in [4.78, 5) is 36.4. The maximum absolute atomic E-state index is 12.4. The molecule has 0 aliphatic rings. The number of nitrogens with one attached hydrogen (secondary N) is 2. The third-order valence-corrected chi connectivity index (χ3v) is 6.48. The van der Waals surface area contributed by atoms with E-state index < -0.39 is 30.1 Å². The number of alkyl carbamates (subject to hydrolysis) is 1. The fraction of sp³-hybridized carbons (Fsp3) is 0.318. The van der Waals surface area contributed by atoms with Crippen LogP contribution >= 0.6 is 21.6 Å². The number of hydrogen-bond acceptors (Lipinski definition) is 7. The molecular weight excluding hydrogens is 436 g/mol. The molecule has 0 aliphatic heterocycles. The van der Waals surface area contributed by atoms with Gasteiger partial charge in [0.25, 0.3) is 0 Å². The van der Waals surface area contributed by atoms with Crippen molar-refractivity contribution in [1.29, 1.82) is 0 Å². The van der Waals surface area contributed by atoms with Gasteiger partial charge in [-0.1, -0.05) is 82.3 Å². The zero-order chi connectivity index (χ0) is 22.5. The molecule has 166 valence electrons. The smallest absolute Gasteiger partial charge is 0.408 e. The number of carbonyl (C=O) groups is 3. The zero-order valence-corrected chi connectivity index (χ0v) is 19.0. The summed E-state index contributed by atoms with van der Waals surface area (Å²) in [7, 11) is 4.31. The number of hydrogen-bond donors (Lipinski definition) is 2. The second-order valence-electron chi connectivity index (χ2n) is 6.54. The normalized spacial score (nSPS) is 12.3. The largest absolute Gasteiger partial charge is 0.467 e. The Morgan fingerprint density at radius 2 is 1.52 bits per heavy atom. The Bertz CT molecular complexity index is 836. The molecule has 2 rings (SSSR count). The molecule has 0 saturated carbocycles. The number of benzene rings is 2. The van der Waals surface area contributed by atoms with Crippen LogP contribution in [0.1, 0.15) is 18.1 Å². The Kier molecular flexibility index (Phi) is 10.8. The maximum atomic E-state index is 12.4. The Morgan fingerprint density at radius 1 is 0.903 bits per heavy atom. The molecule has 2 amide bonds. The quantitative estimate of drug-likeness (QED) is 0.300. The summed E-state index contributed by atoms with van der Waals surface area (Å²) in [5.74, 6) is 0.0698. The topological polar surface area (TPSA) is 93.7 Å². The summed E-state index contributed by atoms with van der Waals surface area (Å²) in [6, 6.07) is 17.5. The van der Waals surface area contributed by atoms with E-state index in [4.69, 9.17) is 9.47 Å². The lowest BCUT2D eigenvalue weighted by Gasteiger charge is -2.19. The van der Waals surface area contributed by atoms with Gasteiger partial charge < -0.3 is 20.1 Å². The van der Waals surface area contributed by atoms with Crippen molar-refractivity contribution in [1.82, 2.24) is 10.6 Å². The van der Waals surface area contributed by atoms with Gasteiger partial charge in [0.05, 0.1) is 7.11 Å². The molecule has 2 aromatic rings. The summed E-state index contributed by atoms with van der Waals surface area (Å²) in [6.07, 6.45) is -0.714. The third-order valence-electron chi connectivity index (χ3n) is 4.13. The van der Waals surface area contributed by atoms with Crippen LogP contribution in [0.15, 0.2) is 60.7 Å². The lowest BCUT2D eigenvalue weighted by molar-refractivity contribution is -0.144. The number of methoxy groups -OCH3 is 1. The van der Waals surface area contributed by atoms with Gasteiger partial charge in [-0.2, -0.15) is 0 Å². The van der Waals surface area contributed by atoms with Crippen molar-refractivity contribution in [2.24, 2.45) is 0 Å². The molecule has 2 N–H and O–H groups in total. The Balaban J connectivity index is 1.76. The standard InChI is InChI=1S/C22H26N2O5S2/c1-16(23-22(27)29-13-17-9-5-3-6-10-17)20(25)24-19(21(26)28-2)15-31-30-14-18-11-7-4-8-12-18/h3-12,16,19H,13-15H2,1-2H3,(H,23,27)(H,24,25)/t16-,19-/m0/s1. The predicted molar refractivity (Wildman–Crippen MR) is 123 cm³/mol. The zero-order valence-electron chi connectivity index (χ0n) is 17.4. The van der Waals surface area contributed by atoms with Gasteiger partial charge in [-0.15, -0.1) is 0 Å². The molecule has 7 nitrogen and oxygen atoms in total. The van der Waals surface area contributed by atoms with Crippen LogP contribution in [0.25, 0.3) is 0 Å². The van der Waals surface area contributed by atoms with Crippen LogP contribution in [0.2, 0.25) is 0 Å². The van der Waals surface area contributed by atoms with Crippen LogP contribution in [0.3, 0.4) is 0 Å². The van der Waals surface area contributed by atoms with Gasteiger partial charge in [0.1, 0.15) is 18.7 Å². The van der Waals surface area contributed by atoms with Gasteiger partial charge in [0, 0.05) is 11.5 Å². The van der Waals surface area contributed by atoms with Gasteiger partial charge in [0.2, 0.25) is 5.91 Å². The Labute approximate surface area is 190 Å². The highest BCUT2D eigenvalue weighted by molar-refractivity contribution is 8.76. The van der Waals surface area contributed by atoms with Crippen molar-refractivity contribution in [2.45, 2.75) is 31.4 Å². The fourth-order valence-corrected chi connectivity index (χ4v) is 4.63. The Hall–Kier alpha value is -2.65. The van der Waals surface area contributed by atoms with E-state index in [-0.39, 0.29) is 6.61 Å². The minimum absolute atomic E-state index is 0.0983. The van der Waals surface area contributed by atoms with E-state index >= 15 is 0 Å². The minimum Gasteiger partial charge on any atom is -0.467 e. The number of carbonyl (C=O) groups excluding carboxylic acids is 3.